The third-order valence-electron chi connectivity index (χ3n) is 4.73. The van der Waals surface area contributed by atoms with Gasteiger partial charge < -0.3 is 10.4 Å². The molecule has 1 unspecified atom stereocenters. The monoisotopic (exact) mass is 364 g/mol. The fourth-order valence-electron chi connectivity index (χ4n) is 3.48. The maximum atomic E-state index is 13.9. The molecule has 0 bridgehead atoms. The number of aliphatic hydroxyl groups is 1. The van der Waals surface area contributed by atoms with Crippen LogP contribution in [0.4, 0.5) is 13.2 Å². The average molecular weight is 364 g/mol. The van der Waals surface area contributed by atoms with E-state index in [1.165, 1.54) is 18.2 Å². The minimum atomic E-state index is -0.949. The molecule has 0 saturated carbocycles. The van der Waals surface area contributed by atoms with Crippen LogP contribution < -0.4 is 5.32 Å². The predicted octanol–water partition coefficient (Wildman–Crippen LogP) is 3.22. The molecule has 6 heteroatoms. The van der Waals surface area contributed by atoms with Crippen LogP contribution in [0.2, 0.25) is 0 Å². The number of rotatable bonds is 6. The van der Waals surface area contributed by atoms with Crippen molar-refractivity contribution in [3.05, 3.63) is 71.0 Å². The second kappa shape index (κ2) is 8.20. The lowest BCUT2D eigenvalue weighted by Crippen LogP contribution is -2.53. The molecule has 26 heavy (non-hydrogen) atoms. The van der Waals surface area contributed by atoms with Crippen molar-refractivity contribution in [1.29, 1.82) is 0 Å². The Hall–Kier alpha value is -1.89. The molecular weight excluding hydrogens is 341 g/mol. The van der Waals surface area contributed by atoms with Gasteiger partial charge in [-0.15, -0.1) is 0 Å². The number of halogens is 3. The molecule has 1 heterocycles. The Morgan fingerprint density at radius 2 is 1.92 bits per heavy atom. The minimum Gasteiger partial charge on any atom is -0.387 e. The van der Waals surface area contributed by atoms with E-state index in [1.54, 1.807) is 12.1 Å². The Labute approximate surface area is 151 Å². The van der Waals surface area contributed by atoms with Gasteiger partial charge in [0.2, 0.25) is 0 Å². The van der Waals surface area contributed by atoms with E-state index in [0.717, 1.165) is 24.6 Å². The molecular formula is C20H23F3N2O. The van der Waals surface area contributed by atoms with Gasteiger partial charge in [-0.3, -0.25) is 4.90 Å². The molecule has 140 valence electrons. The molecule has 2 N–H and O–H groups in total. The van der Waals surface area contributed by atoms with Gasteiger partial charge in [0.05, 0.1) is 5.60 Å². The number of hydrogen-bond acceptors (Lipinski definition) is 3. The topological polar surface area (TPSA) is 35.5 Å². The quantitative estimate of drug-likeness (QED) is 0.826. The second-order valence-electron chi connectivity index (χ2n) is 6.98. The lowest BCUT2D eigenvalue weighted by Gasteiger charge is -2.39. The summed E-state index contributed by atoms with van der Waals surface area (Å²) in [5.74, 6) is -1.97. The summed E-state index contributed by atoms with van der Waals surface area (Å²) in [5.41, 5.74) is 0.153. The SMILES string of the molecule is OC1(CNCc2cccc(F)c2)CCCN(Cc2cccc(F)c2F)C1. The lowest BCUT2D eigenvalue weighted by molar-refractivity contribution is -0.0323. The van der Waals surface area contributed by atoms with Crippen LogP contribution in [0.1, 0.15) is 24.0 Å². The van der Waals surface area contributed by atoms with Crippen LogP contribution in [0.15, 0.2) is 42.5 Å². The van der Waals surface area contributed by atoms with Gasteiger partial charge in [0.25, 0.3) is 0 Å². The summed E-state index contributed by atoms with van der Waals surface area (Å²) in [6, 6.07) is 10.5. The number of benzene rings is 2. The van der Waals surface area contributed by atoms with Crippen molar-refractivity contribution in [3.8, 4) is 0 Å². The standard InChI is InChI=1S/C20H23F3N2O/c21-17-6-1-4-15(10-17)11-24-13-20(26)8-3-9-25(14-20)12-16-5-2-7-18(22)19(16)23/h1-2,4-7,10,24,26H,3,8-9,11-14H2. The predicted molar refractivity (Wildman–Crippen MR) is 93.9 cm³/mol. The highest BCUT2D eigenvalue weighted by Crippen LogP contribution is 2.23. The van der Waals surface area contributed by atoms with E-state index in [-0.39, 0.29) is 12.4 Å². The van der Waals surface area contributed by atoms with Crippen LogP contribution in [0.3, 0.4) is 0 Å². The van der Waals surface area contributed by atoms with Crippen LogP contribution in [0, 0.1) is 17.5 Å². The summed E-state index contributed by atoms with van der Waals surface area (Å²) in [5, 5.41) is 14.0. The molecule has 0 aliphatic carbocycles. The summed E-state index contributed by atoms with van der Waals surface area (Å²) < 4.78 is 40.4. The maximum absolute atomic E-state index is 13.9. The Bertz CT molecular complexity index is 756. The van der Waals surface area contributed by atoms with Gasteiger partial charge in [-0.2, -0.15) is 0 Å². The van der Waals surface area contributed by atoms with Crippen LogP contribution in [0.5, 0.6) is 0 Å². The number of β-amino-alcohol motifs (C(OH)–C–C–N with tert-alkyl or cyclic N) is 1. The molecule has 3 nitrogen and oxygen atoms in total. The fraction of sp³-hybridized carbons (Fsp3) is 0.400. The molecule has 1 saturated heterocycles. The third kappa shape index (κ3) is 4.84. The first-order valence-electron chi connectivity index (χ1n) is 8.78. The van der Waals surface area contributed by atoms with Crippen LogP contribution in [0.25, 0.3) is 0 Å². The van der Waals surface area contributed by atoms with Crippen LogP contribution >= 0.6 is 0 Å². The first-order valence-corrected chi connectivity index (χ1v) is 8.78. The first kappa shape index (κ1) is 18.9. The van der Waals surface area contributed by atoms with Crippen molar-refractivity contribution in [3.63, 3.8) is 0 Å². The minimum absolute atomic E-state index is 0.260. The van der Waals surface area contributed by atoms with Gasteiger partial charge in [0.1, 0.15) is 5.82 Å². The summed E-state index contributed by atoms with van der Waals surface area (Å²) in [6.45, 7) is 2.17. The smallest absolute Gasteiger partial charge is 0.163 e. The second-order valence-corrected chi connectivity index (χ2v) is 6.98. The van der Waals surface area contributed by atoms with Crippen molar-refractivity contribution in [2.45, 2.75) is 31.5 Å². The van der Waals surface area contributed by atoms with E-state index >= 15 is 0 Å². The number of hydrogen-bond donors (Lipinski definition) is 2. The summed E-state index contributed by atoms with van der Waals surface area (Å²) in [7, 11) is 0. The maximum Gasteiger partial charge on any atom is 0.163 e. The lowest BCUT2D eigenvalue weighted by atomic mass is 9.92. The number of nitrogens with one attached hydrogen (secondary N) is 1. The largest absolute Gasteiger partial charge is 0.387 e. The molecule has 2 aromatic rings. The van der Waals surface area contributed by atoms with Gasteiger partial charge >= 0.3 is 0 Å². The molecule has 1 atom stereocenters. The summed E-state index contributed by atoms with van der Waals surface area (Å²) in [4.78, 5) is 1.94. The zero-order chi connectivity index (χ0) is 18.6. The molecule has 1 aliphatic rings. The average Bonchev–Trinajstić information content (AvgIpc) is 2.59. The zero-order valence-corrected chi connectivity index (χ0v) is 14.5. The van der Waals surface area contributed by atoms with E-state index in [2.05, 4.69) is 5.32 Å². The summed E-state index contributed by atoms with van der Waals surface area (Å²) in [6.07, 6.45) is 1.40. The van der Waals surface area contributed by atoms with Crippen molar-refractivity contribution < 1.29 is 18.3 Å². The Kier molecular flexibility index (Phi) is 5.96. The zero-order valence-electron chi connectivity index (χ0n) is 14.5. The van der Waals surface area contributed by atoms with Crippen molar-refractivity contribution >= 4 is 0 Å². The van der Waals surface area contributed by atoms with Gasteiger partial charge in [0.15, 0.2) is 11.6 Å². The molecule has 0 spiro atoms. The molecule has 0 radical (unpaired) electrons. The summed E-state index contributed by atoms with van der Waals surface area (Å²) >= 11 is 0. The Morgan fingerprint density at radius 3 is 2.73 bits per heavy atom. The molecule has 2 aromatic carbocycles. The Morgan fingerprint density at radius 1 is 1.12 bits per heavy atom. The third-order valence-corrected chi connectivity index (χ3v) is 4.73. The van der Waals surface area contributed by atoms with Crippen molar-refractivity contribution in [2.24, 2.45) is 0 Å². The molecule has 0 aromatic heterocycles. The highest BCUT2D eigenvalue weighted by atomic mass is 19.2. The molecule has 3 rings (SSSR count). The van der Waals surface area contributed by atoms with Gasteiger partial charge in [0, 0.05) is 31.7 Å². The molecule has 1 fully saturated rings. The van der Waals surface area contributed by atoms with E-state index in [4.69, 9.17) is 0 Å². The first-order chi connectivity index (χ1) is 12.5. The molecule has 1 aliphatic heterocycles. The highest BCUT2D eigenvalue weighted by molar-refractivity contribution is 5.19. The fourth-order valence-corrected chi connectivity index (χ4v) is 3.48. The number of piperidine rings is 1. The number of nitrogens with zero attached hydrogens (tertiary/aromatic N) is 1. The van der Waals surface area contributed by atoms with Gasteiger partial charge in [-0.1, -0.05) is 24.3 Å². The van der Waals surface area contributed by atoms with Gasteiger partial charge in [-0.05, 0) is 43.1 Å². The normalized spacial score (nSPS) is 21.1. The van der Waals surface area contributed by atoms with Crippen LogP contribution in [-0.2, 0) is 13.1 Å². The number of likely N-dealkylation sites (tertiary alicyclic amines) is 1. The van der Waals surface area contributed by atoms with E-state index in [1.807, 2.05) is 11.0 Å². The highest BCUT2D eigenvalue weighted by Gasteiger charge is 2.33. The van der Waals surface area contributed by atoms with Crippen molar-refractivity contribution in [1.82, 2.24) is 10.2 Å². The van der Waals surface area contributed by atoms with Gasteiger partial charge in [-0.25, -0.2) is 13.2 Å². The van der Waals surface area contributed by atoms with E-state index in [9.17, 15) is 18.3 Å². The van der Waals surface area contributed by atoms with E-state index in [0.29, 0.717) is 31.6 Å². The van der Waals surface area contributed by atoms with E-state index < -0.39 is 17.2 Å². The molecule has 0 amide bonds. The van der Waals surface area contributed by atoms with Crippen molar-refractivity contribution in [2.75, 3.05) is 19.6 Å². The Balaban J connectivity index is 1.55. The van der Waals surface area contributed by atoms with Crippen LogP contribution in [-0.4, -0.2) is 35.2 Å².